The normalized spacial score (nSPS) is 11.7. The van der Waals surface area contributed by atoms with Crippen molar-refractivity contribution in [3.63, 3.8) is 0 Å². The molecule has 0 N–H and O–H groups in total. The molecule has 0 saturated heterocycles. The van der Waals surface area contributed by atoms with E-state index in [0.717, 1.165) is 17.5 Å². The third-order valence-corrected chi connectivity index (χ3v) is 4.46. The Balaban J connectivity index is 2.07. The van der Waals surface area contributed by atoms with Crippen LogP contribution in [0.5, 0.6) is 17.2 Å². The molecule has 4 nitrogen and oxygen atoms in total. The van der Waals surface area contributed by atoms with Crippen LogP contribution in [0.4, 0.5) is 0 Å². The standard InChI is InChI=1S/C25H32O4/c1-18(2)15-16-28-22-13-11-19(17-23(22)27-6)12-14-24(26)29-21-10-8-7-9-20(21)25(3,4)5/h7-14,17-18H,15-16H2,1-6H3/b14-12+. The molecule has 0 aromatic heterocycles. The van der Waals surface area contributed by atoms with E-state index >= 15 is 0 Å². The third-order valence-electron chi connectivity index (χ3n) is 4.46. The van der Waals surface area contributed by atoms with Crippen LogP contribution in [0.15, 0.2) is 48.5 Å². The van der Waals surface area contributed by atoms with Crippen LogP contribution in [0, 0.1) is 5.92 Å². The number of rotatable bonds is 8. The van der Waals surface area contributed by atoms with Crippen molar-refractivity contribution in [2.75, 3.05) is 13.7 Å². The summed E-state index contributed by atoms with van der Waals surface area (Å²) in [5, 5.41) is 0. The fourth-order valence-electron chi connectivity index (χ4n) is 2.79. The molecule has 0 aliphatic heterocycles. The molecule has 0 saturated carbocycles. The maximum atomic E-state index is 12.3. The van der Waals surface area contributed by atoms with E-state index in [9.17, 15) is 4.79 Å². The molecular formula is C25H32O4. The monoisotopic (exact) mass is 396 g/mol. The number of methoxy groups -OCH3 is 1. The highest BCUT2D eigenvalue weighted by Gasteiger charge is 2.19. The quantitative estimate of drug-likeness (QED) is 0.310. The number of hydrogen-bond acceptors (Lipinski definition) is 4. The molecule has 0 unspecified atom stereocenters. The highest BCUT2D eigenvalue weighted by molar-refractivity contribution is 5.89. The summed E-state index contributed by atoms with van der Waals surface area (Å²) < 4.78 is 16.8. The van der Waals surface area contributed by atoms with Gasteiger partial charge in [0, 0.05) is 11.6 Å². The molecule has 4 heteroatoms. The van der Waals surface area contributed by atoms with Gasteiger partial charge in [-0.3, -0.25) is 0 Å². The van der Waals surface area contributed by atoms with Gasteiger partial charge in [-0.25, -0.2) is 4.79 Å². The van der Waals surface area contributed by atoms with E-state index in [1.165, 1.54) is 6.08 Å². The second-order valence-corrected chi connectivity index (χ2v) is 8.44. The summed E-state index contributed by atoms with van der Waals surface area (Å²) in [4.78, 5) is 12.3. The number of carbonyl (C=O) groups excluding carboxylic acids is 1. The fraction of sp³-hybridized carbons (Fsp3) is 0.400. The van der Waals surface area contributed by atoms with Crippen LogP contribution in [0.1, 0.15) is 52.2 Å². The molecule has 29 heavy (non-hydrogen) atoms. The minimum absolute atomic E-state index is 0.112. The molecule has 0 spiro atoms. The Labute approximate surface area is 174 Å². The average Bonchev–Trinajstić information content (AvgIpc) is 2.66. The van der Waals surface area contributed by atoms with Gasteiger partial charge in [-0.2, -0.15) is 0 Å². The average molecular weight is 397 g/mol. The number of esters is 1. The van der Waals surface area contributed by atoms with Gasteiger partial charge in [0.1, 0.15) is 5.75 Å². The van der Waals surface area contributed by atoms with Gasteiger partial charge in [-0.1, -0.05) is 58.9 Å². The van der Waals surface area contributed by atoms with Crippen LogP contribution in [-0.4, -0.2) is 19.7 Å². The van der Waals surface area contributed by atoms with Crippen molar-refractivity contribution in [3.05, 3.63) is 59.7 Å². The van der Waals surface area contributed by atoms with Crippen LogP contribution in [0.25, 0.3) is 6.08 Å². The van der Waals surface area contributed by atoms with E-state index in [-0.39, 0.29) is 5.41 Å². The second kappa shape index (κ2) is 10.1. The number of para-hydroxylation sites is 1. The zero-order chi connectivity index (χ0) is 21.4. The maximum absolute atomic E-state index is 12.3. The summed E-state index contributed by atoms with van der Waals surface area (Å²) in [6.07, 6.45) is 4.11. The molecule has 2 aromatic rings. The van der Waals surface area contributed by atoms with Crippen LogP contribution in [0.3, 0.4) is 0 Å². The molecule has 0 aliphatic rings. The Morgan fingerprint density at radius 1 is 1.03 bits per heavy atom. The number of hydrogen-bond donors (Lipinski definition) is 0. The Hall–Kier alpha value is -2.75. The Morgan fingerprint density at radius 3 is 2.41 bits per heavy atom. The predicted molar refractivity (Wildman–Crippen MR) is 118 cm³/mol. The minimum Gasteiger partial charge on any atom is -0.493 e. The largest absolute Gasteiger partial charge is 0.493 e. The lowest BCUT2D eigenvalue weighted by molar-refractivity contribution is -0.128. The first-order chi connectivity index (χ1) is 13.7. The molecule has 0 atom stereocenters. The Morgan fingerprint density at radius 2 is 1.76 bits per heavy atom. The number of benzene rings is 2. The van der Waals surface area contributed by atoms with Crippen molar-refractivity contribution in [3.8, 4) is 17.2 Å². The molecule has 0 amide bonds. The van der Waals surface area contributed by atoms with E-state index in [4.69, 9.17) is 14.2 Å². The zero-order valence-corrected chi connectivity index (χ0v) is 18.3. The van der Waals surface area contributed by atoms with Gasteiger partial charge in [0.05, 0.1) is 13.7 Å². The summed E-state index contributed by atoms with van der Waals surface area (Å²) >= 11 is 0. The van der Waals surface area contributed by atoms with Crippen LogP contribution in [-0.2, 0) is 10.2 Å². The van der Waals surface area contributed by atoms with Gasteiger partial charge in [0.15, 0.2) is 11.5 Å². The lowest BCUT2D eigenvalue weighted by atomic mass is 9.86. The lowest BCUT2D eigenvalue weighted by Crippen LogP contribution is -2.15. The molecule has 2 rings (SSSR count). The smallest absolute Gasteiger partial charge is 0.336 e. The predicted octanol–water partition coefficient (Wildman–Crippen LogP) is 6.04. The molecule has 156 valence electrons. The lowest BCUT2D eigenvalue weighted by Gasteiger charge is -2.21. The van der Waals surface area contributed by atoms with Gasteiger partial charge >= 0.3 is 5.97 Å². The van der Waals surface area contributed by atoms with Crippen molar-refractivity contribution in [2.45, 2.75) is 46.5 Å². The van der Waals surface area contributed by atoms with E-state index in [0.29, 0.717) is 29.8 Å². The highest BCUT2D eigenvalue weighted by atomic mass is 16.5. The van der Waals surface area contributed by atoms with Crippen LogP contribution < -0.4 is 14.2 Å². The molecule has 0 bridgehead atoms. The minimum atomic E-state index is -0.419. The van der Waals surface area contributed by atoms with Gasteiger partial charge in [-0.15, -0.1) is 0 Å². The second-order valence-electron chi connectivity index (χ2n) is 8.44. The van der Waals surface area contributed by atoms with E-state index < -0.39 is 5.97 Å². The molecule has 0 heterocycles. The van der Waals surface area contributed by atoms with Crippen molar-refractivity contribution >= 4 is 12.0 Å². The SMILES string of the molecule is COc1cc(/C=C/C(=O)Oc2ccccc2C(C)(C)C)ccc1OCCC(C)C. The van der Waals surface area contributed by atoms with Crippen molar-refractivity contribution < 1.29 is 19.0 Å². The van der Waals surface area contributed by atoms with Crippen molar-refractivity contribution in [1.29, 1.82) is 0 Å². The fourth-order valence-corrected chi connectivity index (χ4v) is 2.79. The first-order valence-corrected chi connectivity index (χ1v) is 10.0. The van der Waals surface area contributed by atoms with Gasteiger partial charge in [0.25, 0.3) is 0 Å². The van der Waals surface area contributed by atoms with Gasteiger partial charge in [-0.05, 0) is 47.6 Å². The summed E-state index contributed by atoms with van der Waals surface area (Å²) in [7, 11) is 1.61. The third kappa shape index (κ3) is 6.97. The highest BCUT2D eigenvalue weighted by Crippen LogP contribution is 2.31. The molecule has 0 fully saturated rings. The summed E-state index contributed by atoms with van der Waals surface area (Å²) in [5.74, 6) is 2.09. The van der Waals surface area contributed by atoms with Crippen LogP contribution in [0.2, 0.25) is 0 Å². The van der Waals surface area contributed by atoms with Gasteiger partial charge < -0.3 is 14.2 Å². The zero-order valence-electron chi connectivity index (χ0n) is 18.3. The van der Waals surface area contributed by atoms with E-state index in [2.05, 4.69) is 34.6 Å². The molecular weight excluding hydrogens is 364 g/mol. The van der Waals surface area contributed by atoms with Crippen molar-refractivity contribution in [2.24, 2.45) is 5.92 Å². The number of ether oxygens (including phenoxy) is 3. The molecule has 2 aromatic carbocycles. The van der Waals surface area contributed by atoms with Crippen LogP contribution >= 0.6 is 0 Å². The van der Waals surface area contributed by atoms with Gasteiger partial charge in [0.2, 0.25) is 0 Å². The van der Waals surface area contributed by atoms with E-state index in [1.54, 1.807) is 13.2 Å². The molecule has 0 aliphatic carbocycles. The topological polar surface area (TPSA) is 44.8 Å². The van der Waals surface area contributed by atoms with E-state index in [1.807, 2.05) is 42.5 Å². The Bertz CT molecular complexity index is 844. The molecule has 0 radical (unpaired) electrons. The first-order valence-electron chi connectivity index (χ1n) is 10.0. The Kier molecular flexibility index (Phi) is 7.89. The number of carbonyl (C=O) groups is 1. The summed E-state index contributed by atoms with van der Waals surface area (Å²) in [6, 6.07) is 13.2. The maximum Gasteiger partial charge on any atom is 0.336 e. The first kappa shape index (κ1) is 22.5. The summed E-state index contributed by atoms with van der Waals surface area (Å²) in [6.45, 7) is 11.2. The van der Waals surface area contributed by atoms with Crippen molar-refractivity contribution in [1.82, 2.24) is 0 Å². The summed E-state index contributed by atoms with van der Waals surface area (Å²) in [5.41, 5.74) is 1.71.